The van der Waals surface area contributed by atoms with Gasteiger partial charge in [-0.1, -0.05) is 0 Å². The summed E-state index contributed by atoms with van der Waals surface area (Å²) in [4.78, 5) is 46.6. The van der Waals surface area contributed by atoms with Crippen LogP contribution in [0.15, 0.2) is 27.4 Å². The van der Waals surface area contributed by atoms with E-state index in [1.807, 2.05) is 18.6 Å². The molecule has 4 aliphatic rings. The van der Waals surface area contributed by atoms with E-state index in [-0.39, 0.29) is 55.2 Å². The Bertz CT molecular complexity index is 2060. The zero-order valence-electron chi connectivity index (χ0n) is 29.4. The number of benzene rings is 2. The van der Waals surface area contributed by atoms with Crippen molar-refractivity contribution in [1.82, 2.24) is 18.8 Å². The summed E-state index contributed by atoms with van der Waals surface area (Å²) >= 11 is 0. The highest BCUT2D eigenvalue weighted by atomic mass is 32.2. The van der Waals surface area contributed by atoms with Gasteiger partial charge in [0.1, 0.15) is 17.1 Å². The van der Waals surface area contributed by atoms with Gasteiger partial charge < -0.3 is 23.7 Å². The van der Waals surface area contributed by atoms with E-state index in [0.717, 1.165) is 59.5 Å². The standard InChI is InChI=1S/C36H44FN5O8S/c1-21-15-30(40-14-13-39(3)23(18-40)20-48-4)22(2)33-32(21)25-9-12-41(19-28(25)36(45)50-33)35(44)26-17-31(49-24-7-8-24)27(16-29(26)37)34(43)38-51(46,47)42-10-5-6-11-42/h15-17,23-24H,5-14,18-20H2,1-4H3,(H,38,43)/t23-/m1/s1. The first-order valence-electron chi connectivity index (χ1n) is 17.5. The normalized spacial score (nSPS) is 20.1. The predicted octanol–water partition coefficient (Wildman–Crippen LogP) is 3.13. The number of hydrogen-bond acceptors (Lipinski definition) is 10. The third-order valence-electron chi connectivity index (χ3n) is 10.5. The smallest absolute Gasteiger partial charge is 0.341 e. The fourth-order valence-electron chi connectivity index (χ4n) is 7.48. The summed E-state index contributed by atoms with van der Waals surface area (Å²) in [5.41, 5.74) is 3.33. The summed E-state index contributed by atoms with van der Waals surface area (Å²) in [5, 5.41) is 0.853. The number of fused-ring (bicyclic) bond motifs is 3. The first-order chi connectivity index (χ1) is 24.4. The molecule has 7 rings (SSSR count). The van der Waals surface area contributed by atoms with Gasteiger partial charge in [-0.25, -0.2) is 13.9 Å². The lowest BCUT2D eigenvalue weighted by Crippen LogP contribution is -2.53. The SMILES string of the molecule is COC[C@H]1CN(c2cc(C)c3c4c(c(=O)oc3c2C)CN(C(=O)c2cc(OC3CC3)c(C(=O)NS(=O)(=O)N3CCCC3)cc2F)CC4)CCN1C. The molecule has 1 aliphatic carbocycles. The number of anilines is 1. The second kappa shape index (κ2) is 13.8. The molecule has 15 heteroatoms. The fourth-order valence-corrected chi connectivity index (χ4v) is 8.70. The maximum absolute atomic E-state index is 15.7. The number of amides is 2. The first kappa shape index (κ1) is 35.4. The molecule has 13 nitrogen and oxygen atoms in total. The summed E-state index contributed by atoms with van der Waals surface area (Å²) in [7, 11) is -0.338. The van der Waals surface area contributed by atoms with Crippen molar-refractivity contribution in [3.8, 4) is 5.75 Å². The van der Waals surface area contributed by atoms with E-state index in [0.29, 0.717) is 49.9 Å². The molecule has 2 amide bonds. The lowest BCUT2D eigenvalue weighted by molar-refractivity contribution is 0.0726. The van der Waals surface area contributed by atoms with E-state index in [9.17, 15) is 22.8 Å². The van der Waals surface area contributed by atoms with E-state index in [4.69, 9.17) is 13.9 Å². The molecule has 2 saturated heterocycles. The molecule has 4 heterocycles. The summed E-state index contributed by atoms with van der Waals surface area (Å²) in [6.45, 7) is 7.74. The molecule has 0 radical (unpaired) electrons. The Morgan fingerprint density at radius 3 is 2.47 bits per heavy atom. The van der Waals surface area contributed by atoms with Crippen LogP contribution in [-0.2, 0) is 27.9 Å². The van der Waals surface area contributed by atoms with Gasteiger partial charge in [-0.3, -0.25) is 14.5 Å². The molecule has 1 atom stereocenters. The van der Waals surface area contributed by atoms with Crippen LogP contribution in [0, 0.1) is 19.7 Å². The van der Waals surface area contributed by atoms with Gasteiger partial charge in [-0.2, -0.15) is 12.7 Å². The van der Waals surface area contributed by atoms with Crippen LogP contribution in [0.1, 0.15) is 68.7 Å². The van der Waals surface area contributed by atoms with E-state index >= 15 is 4.39 Å². The molecule has 0 unspecified atom stereocenters. The van der Waals surface area contributed by atoms with Crippen molar-refractivity contribution < 1.29 is 36.3 Å². The molecule has 1 saturated carbocycles. The van der Waals surface area contributed by atoms with Crippen LogP contribution < -0.4 is 20.0 Å². The minimum atomic E-state index is -4.13. The topological polar surface area (TPSA) is 142 Å². The van der Waals surface area contributed by atoms with Gasteiger partial charge in [0.05, 0.1) is 42.0 Å². The second-order valence-corrected chi connectivity index (χ2v) is 15.8. The zero-order chi connectivity index (χ0) is 36.2. The highest BCUT2D eigenvalue weighted by Crippen LogP contribution is 2.37. The number of carbonyl (C=O) groups excluding carboxylic acids is 2. The monoisotopic (exact) mass is 725 g/mol. The number of piperazine rings is 1. The number of hydrogen-bond donors (Lipinski definition) is 1. The van der Waals surface area contributed by atoms with Crippen molar-refractivity contribution in [1.29, 1.82) is 0 Å². The minimum Gasteiger partial charge on any atom is -0.490 e. The van der Waals surface area contributed by atoms with Crippen molar-refractivity contribution in [3.63, 3.8) is 0 Å². The second-order valence-electron chi connectivity index (χ2n) is 14.1. The Morgan fingerprint density at radius 2 is 1.76 bits per heavy atom. The fraction of sp³-hybridized carbons (Fsp3) is 0.528. The number of ether oxygens (including phenoxy) is 2. The minimum absolute atomic E-state index is 0.0740. The molecule has 1 aromatic heterocycles. The Kier molecular flexibility index (Phi) is 9.58. The van der Waals surface area contributed by atoms with E-state index in [1.54, 1.807) is 7.11 Å². The maximum atomic E-state index is 15.7. The molecule has 51 heavy (non-hydrogen) atoms. The molecular formula is C36H44FN5O8S. The lowest BCUT2D eigenvalue weighted by Gasteiger charge is -2.41. The lowest BCUT2D eigenvalue weighted by atomic mass is 9.92. The summed E-state index contributed by atoms with van der Waals surface area (Å²) in [6, 6.07) is 4.37. The van der Waals surface area contributed by atoms with Gasteiger partial charge in [0, 0.05) is 63.0 Å². The van der Waals surface area contributed by atoms with Crippen LogP contribution in [0.2, 0.25) is 0 Å². The highest BCUT2D eigenvalue weighted by Gasteiger charge is 2.34. The largest absolute Gasteiger partial charge is 0.490 e. The van der Waals surface area contributed by atoms with Crippen molar-refractivity contribution in [2.45, 2.75) is 64.6 Å². The molecule has 0 bridgehead atoms. The van der Waals surface area contributed by atoms with Gasteiger partial charge in [-0.05, 0) is 82.3 Å². The quantitative estimate of drug-likeness (QED) is 0.327. The third-order valence-corrected chi connectivity index (χ3v) is 12.0. The number of halogens is 1. The molecule has 3 aliphatic heterocycles. The van der Waals surface area contributed by atoms with Crippen molar-refractivity contribution >= 4 is 38.7 Å². The number of carbonyl (C=O) groups is 2. The molecule has 1 N–H and O–H groups in total. The van der Waals surface area contributed by atoms with Crippen LogP contribution >= 0.6 is 0 Å². The first-order valence-corrected chi connectivity index (χ1v) is 18.9. The zero-order valence-corrected chi connectivity index (χ0v) is 30.2. The van der Waals surface area contributed by atoms with Crippen LogP contribution in [0.25, 0.3) is 11.0 Å². The Labute approximate surface area is 296 Å². The Balaban J connectivity index is 1.16. The van der Waals surface area contributed by atoms with E-state index in [1.165, 1.54) is 9.21 Å². The van der Waals surface area contributed by atoms with Crippen LogP contribution in [-0.4, -0.2) is 107 Å². The number of methoxy groups -OCH3 is 1. The number of nitrogens with one attached hydrogen (secondary N) is 1. The van der Waals surface area contributed by atoms with Crippen molar-refractivity contribution in [3.05, 3.63) is 67.8 Å². The molecule has 3 fully saturated rings. The van der Waals surface area contributed by atoms with Crippen molar-refractivity contribution in [2.24, 2.45) is 0 Å². The van der Waals surface area contributed by atoms with Crippen LogP contribution in [0.5, 0.6) is 5.75 Å². The average Bonchev–Trinajstić information content (AvgIpc) is 3.73. The Morgan fingerprint density at radius 1 is 1.02 bits per heavy atom. The molecule has 2 aromatic carbocycles. The average molecular weight is 726 g/mol. The molecular weight excluding hydrogens is 681 g/mol. The highest BCUT2D eigenvalue weighted by molar-refractivity contribution is 7.87. The third kappa shape index (κ3) is 6.84. The van der Waals surface area contributed by atoms with Gasteiger partial charge in [0.15, 0.2) is 0 Å². The summed E-state index contributed by atoms with van der Waals surface area (Å²) in [5.74, 6) is -2.80. The Hall–Kier alpha value is -4.05. The number of likely N-dealkylation sites (N-methyl/N-ethyl adjacent to an activating group) is 1. The van der Waals surface area contributed by atoms with Gasteiger partial charge in [0.25, 0.3) is 11.8 Å². The van der Waals surface area contributed by atoms with Gasteiger partial charge in [-0.15, -0.1) is 0 Å². The van der Waals surface area contributed by atoms with Crippen LogP contribution in [0.3, 0.4) is 0 Å². The molecule has 0 spiro atoms. The van der Waals surface area contributed by atoms with E-state index in [2.05, 4.69) is 22.9 Å². The predicted molar refractivity (Wildman–Crippen MR) is 188 cm³/mol. The summed E-state index contributed by atoms with van der Waals surface area (Å²) in [6.07, 6.45) is 2.92. The number of rotatable bonds is 9. The van der Waals surface area contributed by atoms with Crippen LogP contribution in [0.4, 0.5) is 10.1 Å². The van der Waals surface area contributed by atoms with Gasteiger partial charge in [0.2, 0.25) is 0 Å². The van der Waals surface area contributed by atoms with Gasteiger partial charge >= 0.3 is 15.8 Å². The molecule has 274 valence electrons. The number of aryl methyl sites for hydroxylation is 2. The maximum Gasteiger partial charge on any atom is 0.341 e. The summed E-state index contributed by atoms with van der Waals surface area (Å²) < 4.78 is 61.8. The van der Waals surface area contributed by atoms with E-state index < -0.39 is 33.5 Å². The number of nitrogens with zero attached hydrogens (tertiary/aromatic N) is 4. The molecule has 3 aromatic rings. The van der Waals surface area contributed by atoms with Crippen molar-refractivity contribution in [2.75, 3.05) is 64.9 Å².